The Labute approximate surface area is 205 Å². The second kappa shape index (κ2) is 9.49. The molecular formula is C28H30N6O. The number of carbonyl (C=O) groups excluding carboxylic acids is 1. The van der Waals surface area contributed by atoms with Crippen molar-refractivity contribution in [2.45, 2.75) is 51.0 Å². The number of rotatable bonds is 4. The van der Waals surface area contributed by atoms with E-state index in [0.29, 0.717) is 12.1 Å². The molecule has 1 unspecified atom stereocenters. The van der Waals surface area contributed by atoms with Crippen molar-refractivity contribution in [1.82, 2.24) is 29.4 Å². The molecule has 0 radical (unpaired) electrons. The van der Waals surface area contributed by atoms with E-state index in [0.717, 1.165) is 60.9 Å². The minimum absolute atomic E-state index is 0.0336. The Morgan fingerprint density at radius 3 is 2.49 bits per heavy atom. The summed E-state index contributed by atoms with van der Waals surface area (Å²) in [5.41, 5.74) is 3.24. The van der Waals surface area contributed by atoms with Crippen molar-refractivity contribution >= 4 is 5.91 Å². The second-order valence-corrected chi connectivity index (χ2v) is 9.56. The SMILES string of the molecule is O=C(c1cn(-c2ccccc2)nc1-c1ccccc1)N1CCCC(c2nnc3n2CCCCC3)C1. The standard InChI is InChI=1S/C28H30N6O/c35-28(32-17-10-13-22(19-32)27-30-29-25-16-8-3-9-18-33(25)27)24-20-34(23-14-6-2-7-15-23)31-26(24)21-11-4-1-5-12-21/h1-2,4-7,11-12,14-15,20,22H,3,8-10,13,16-19H2. The minimum atomic E-state index is 0.0336. The van der Waals surface area contributed by atoms with E-state index in [2.05, 4.69) is 14.8 Å². The Hall–Kier alpha value is -3.74. The van der Waals surface area contributed by atoms with Crippen molar-refractivity contribution in [3.63, 3.8) is 0 Å². The number of aryl methyl sites for hydroxylation is 1. The summed E-state index contributed by atoms with van der Waals surface area (Å²) in [5.74, 6) is 2.42. The largest absolute Gasteiger partial charge is 0.338 e. The molecule has 2 aliphatic rings. The molecule has 1 amide bonds. The average Bonchev–Trinajstić information content (AvgIpc) is 3.47. The number of hydrogen-bond donors (Lipinski definition) is 0. The van der Waals surface area contributed by atoms with Gasteiger partial charge in [0, 0.05) is 43.7 Å². The summed E-state index contributed by atoms with van der Waals surface area (Å²) in [6.07, 6.45) is 8.48. The van der Waals surface area contributed by atoms with Crippen molar-refractivity contribution in [3.8, 4) is 16.9 Å². The molecule has 0 N–H and O–H groups in total. The van der Waals surface area contributed by atoms with Crippen molar-refractivity contribution in [3.05, 3.63) is 84.1 Å². The van der Waals surface area contributed by atoms with E-state index in [9.17, 15) is 4.79 Å². The quantitative estimate of drug-likeness (QED) is 0.430. The molecule has 6 rings (SSSR count). The maximum atomic E-state index is 13.9. The third-order valence-electron chi connectivity index (χ3n) is 7.22. The Kier molecular flexibility index (Phi) is 5.90. The van der Waals surface area contributed by atoms with Crippen LogP contribution < -0.4 is 0 Å². The molecule has 2 aliphatic heterocycles. The van der Waals surface area contributed by atoms with E-state index in [1.54, 1.807) is 0 Å². The molecule has 1 fully saturated rings. The lowest BCUT2D eigenvalue weighted by molar-refractivity contribution is 0.0704. The van der Waals surface area contributed by atoms with Gasteiger partial charge in [-0.25, -0.2) is 4.68 Å². The van der Waals surface area contributed by atoms with Gasteiger partial charge in [-0.3, -0.25) is 4.79 Å². The highest BCUT2D eigenvalue weighted by molar-refractivity contribution is 6.00. The fraction of sp³-hybridized carbons (Fsp3) is 0.357. The monoisotopic (exact) mass is 466 g/mol. The van der Waals surface area contributed by atoms with Crippen LogP contribution in [0.5, 0.6) is 0 Å². The first-order chi connectivity index (χ1) is 17.3. The predicted molar refractivity (Wildman–Crippen MR) is 134 cm³/mol. The fourth-order valence-electron chi connectivity index (χ4n) is 5.40. The molecule has 4 aromatic rings. The van der Waals surface area contributed by atoms with Gasteiger partial charge in [-0.15, -0.1) is 10.2 Å². The molecule has 7 nitrogen and oxygen atoms in total. The van der Waals surface area contributed by atoms with Gasteiger partial charge in [0.2, 0.25) is 0 Å². The number of amides is 1. The molecule has 0 saturated carbocycles. The van der Waals surface area contributed by atoms with E-state index < -0.39 is 0 Å². The van der Waals surface area contributed by atoms with Crippen molar-refractivity contribution < 1.29 is 4.79 Å². The van der Waals surface area contributed by atoms with Crippen LogP contribution >= 0.6 is 0 Å². The normalized spacial score (nSPS) is 18.2. The van der Waals surface area contributed by atoms with Crippen LogP contribution in [-0.4, -0.2) is 48.4 Å². The van der Waals surface area contributed by atoms with Gasteiger partial charge in [0.1, 0.15) is 17.3 Å². The number of piperidine rings is 1. The topological polar surface area (TPSA) is 68.8 Å². The molecule has 4 heterocycles. The van der Waals surface area contributed by atoms with E-state index in [-0.39, 0.29) is 11.8 Å². The zero-order valence-corrected chi connectivity index (χ0v) is 19.9. The van der Waals surface area contributed by atoms with Gasteiger partial charge in [0.15, 0.2) is 0 Å². The fourth-order valence-corrected chi connectivity index (χ4v) is 5.40. The maximum Gasteiger partial charge on any atom is 0.257 e. The molecule has 1 atom stereocenters. The molecule has 178 valence electrons. The summed E-state index contributed by atoms with van der Waals surface area (Å²) in [7, 11) is 0. The van der Waals surface area contributed by atoms with Crippen LogP contribution in [0.2, 0.25) is 0 Å². The lowest BCUT2D eigenvalue weighted by Crippen LogP contribution is -2.40. The van der Waals surface area contributed by atoms with Gasteiger partial charge in [0.05, 0.1) is 11.3 Å². The van der Waals surface area contributed by atoms with Crippen LogP contribution in [-0.2, 0) is 13.0 Å². The summed E-state index contributed by atoms with van der Waals surface area (Å²) in [4.78, 5) is 15.9. The van der Waals surface area contributed by atoms with Gasteiger partial charge >= 0.3 is 0 Å². The van der Waals surface area contributed by atoms with Crippen LogP contribution in [0.15, 0.2) is 66.9 Å². The first-order valence-corrected chi connectivity index (χ1v) is 12.7. The first-order valence-electron chi connectivity index (χ1n) is 12.7. The van der Waals surface area contributed by atoms with Gasteiger partial charge in [-0.2, -0.15) is 5.10 Å². The Balaban J connectivity index is 1.32. The third kappa shape index (κ3) is 4.27. The lowest BCUT2D eigenvalue weighted by Gasteiger charge is -2.32. The van der Waals surface area contributed by atoms with E-state index in [1.165, 1.54) is 19.3 Å². The van der Waals surface area contributed by atoms with Gasteiger partial charge in [0.25, 0.3) is 5.91 Å². The average molecular weight is 467 g/mol. The highest BCUT2D eigenvalue weighted by atomic mass is 16.2. The Morgan fingerprint density at radius 2 is 1.66 bits per heavy atom. The van der Waals surface area contributed by atoms with E-state index in [1.807, 2.05) is 76.4 Å². The summed E-state index contributed by atoms with van der Waals surface area (Å²) >= 11 is 0. The molecule has 2 aromatic carbocycles. The Morgan fingerprint density at radius 1 is 0.857 bits per heavy atom. The van der Waals surface area contributed by atoms with Gasteiger partial charge in [-0.05, 0) is 37.8 Å². The molecule has 0 spiro atoms. The number of hydrogen-bond acceptors (Lipinski definition) is 4. The van der Waals surface area contributed by atoms with Crippen LogP contribution in [0.1, 0.15) is 60.0 Å². The number of carbonyl (C=O) groups is 1. The zero-order valence-electron chi connectivity index (χ0n) is 19.9. The lowest BCUT2D eigenvalue weighted by atomic mass is 9.96. The first kappa shape index (κ1) is 21.8. The maximum absolute atomic E-state index is 13.9. The summed E-state index contributed by atoms with van der Waals surface area (Å²) < 4.78 is 4.14. The van der Waals surface area contributed by atoms with Crippen molar-refractivity contribution in [2.24, 2.45) is 0 Å². The summed E-state index contributed by atoms with van der Waals surface area (Å²) in [6, 6.07) is 19.9. The second-order valence-electron chi connectivity index (χ2n) is 9.56. The molecule has 1 saturated heterocycles. The number of fused-ring (bicyclic) bond motifs is 1. The van der Waals surface area contributed by atoms with Crippen LogP contribution in [0, 0.1) is 0 Å². The van der Waals surface area contributed by atoms with E-state index in [4.69, 9.17) is 5.10 Å². The number of nitrogens with zero attached hydrogens (tertiary/aromatic N) is 6. The number of benzene rings is 2. The number of para-hydroxylation sites is 1. The highest BCUT2D eigenvalue weighted by Crippen LogP contribution is 2.31. The smallest absolute Gasteiger partial charge is 0.257 e. The predicted octanol–water partition coefficient (Wildman–Crippen LogP) is 4.88. The zero-order chi connectivity index (χ0) is 23.6. The van der Waals surface area contributed by atoms with Crippen molar-refractivity contribution in [2.75, 3.05) is 13.1 Å². The minimum Gasteiger partial charge on any atom is -0.338 e. The summed E-state index contributed by atoms with van der Waals surface area (Å²) in [5, 5.41) is 14.0. The Bertz CT molecular complexity index is 1310. The van der Waals surface area contributed by atoms with Gasteiger partial charge < -0.3 is 9.47 Å². The van der Waals surface area contributed by atoms with Crippen LogP contribution in [0.3, 0.4) is 0 Å². The molecule has 35 heavy (non-hydrogen) atoms. The molecule has 0 bridgehead atoms. The number of aromatic nitrogens is 5. The third-order valence-corrected chi connectivity index (χ3v) is 7.22. The van der Waals surface area contributed by atoms with Crippen molar-refractivity contribution in [1.29, 1.82) is 0 Å². The molecular weight excluding hydrogens is 436 g/mol. The molecule has 7 heteroatoms. The molecule has 2 aromatic heterocycles. The number of likely N-dealkylation sites (tertiary alicyclic amines) is 1. The van der Waals surface area contributed by atoms with Crippen LogP contribution in [0.4, 0.5) is 0 Å². The van der Waals surface area contributed by atoms with E-state index >= 15 is 0 Å². The highest BCUT2D eigenvalue weighted by Gasteiger charge is 2.31. The summed E-state index contributed by atoms with van der Waals surface area (Å²) in [6.45, 7) is 2.41. The molecule has 0 aliphatic carbocycles. The van der Waals surface area contributed by atoms with Gasteiger partial charge in [-0.1, -0.05) is 55.0 Å². The van der Waals surface area contributed by atoms with Crippen LogP contribution in [0.25, 0.3) is 16.9 Å².